The molecule has 0 radical (unpaired) electrons. The highest BCUT2D eigenvalue weighted by molar-refractivity contribution is 7.89. The third-order valence-electron chi connectivity index (χ3n) is 5.19. The molecule has 4 rings (SSSR count). The van der Waals surface area contributed by atoms with Crippen molar-refractivity contribution in [2.24, 2.45) is 0 Å². The van der Waals surface area contributed by atoms with Gasteiger partial charge in [-0.3, -0.25) is 4.79 Å². The standard InChI is InChI=1S/C17H23N5O3S/c23-17(14-5-1-2-6-18-14)21-8-10-22(11-9-21)26(24,25)15-12-20-16-13(15)4-3-7-19-16/h3-4,7,12,14,18H,1-2,5-6,8-11H2,(H,19,20). The van der Waals surface area contributed by atoms with Gasteiger partial charge >= 0.3 is 0 Å². The Balaban J connectivity index is 1.46. The molecule has 4 heterocycles. The minimum absolute atomic E-state index is 0.0954. The van der Waals surface area contributed by atoms with E-state index in [0.29, 0.717) is 37.2 Å². The van der Waals surface area contributed by atoms with Crippen LogP contribution in [0.5, 0.6) is 0 Å². The van der Waals surface area contributed by atoms with Crippen LogP contribution in [0.2, 0.25) is 0 Å². The number of carbonyl (C=O) groups is 1. The van der Waals surface area contributed by atoms with Crippen LogP contribution in [0.25, 0.3) is 11.0 Å². The maximum absolute atomic E-state index is 13.0. The molecule has 0 aromatic carbocycles. The van der Waals surface area contributed by atoms with Crippen LogP contribution in [0.1, 0.15) is 19.3 Å². The van der Waals surface area contributed by atoms with Gasteiger partial charge < -0.3 is 15.2 Å². The monoisotopic (exact) mass is 377 g/mol. The van der Waals surface area contributed by atoms with Crippen LogP contribution in [0, 0.1) is 0 Å². The van der Waals surface area contributed by atoms with Crippen molar-refractivity contribution in [3.8, 4) is 0 Å². The number of nitrogens with one attached hydrogen (secondary N) is 2. The summed E-state index contributed by atoms with van der Waals surface area (Å²) < 4.78 is 27.5. The molecule has 26 heavy (non-hydrogen) atoms. The Morgan fingerprint density at radius 3 is 2.73 bits per heavy atom. The smallest absolute Gasteiger partial charge is 0.245 e. The number of rotatable bonds is 3. The fraction of sp³-hybridized carbons (Fsp3) is 0.529. The molecule has 2 aliphatic rings. The quantitative estimate of drug-likeness (QED) is 0.813. The van der Waals surface area contributed by atoms with Gasteiger partial charge in [0.25, 0.3) is 0 Å². The lowest BCUT2D eigenvalue weighted by atomic mass is 10.0. The van der Waals surface area contributed by atoms with Gasteiger partial charge in [-0.1, -0.05) is 6.42 Å². The number of amides is 1. The van der Waals surface area contributed by atoms with Crippen molar-refractivity contribution in [2.45, 2.75) is 30.2 Å². The van der Waals surface area contributed by atoms with E-state index in [2.05, 4.69) is 15.3 Å². The molecule has 8 nitrogen and oxygen atoms in total. The van der Waals surface area contributed by atoms with Gasteiger partial charge in [0.1, 0.15) is 10.5 Å². The molecule has 1 unspecified atom stereocenters. The second kappa shape index (κ2) is 6.98. The molecule has 140 valence electrons. The van der Waals surface area contributed by atoms with E-state index in [-0.39, 0.29) is 16.8 Å². The molecule has 2 aromatic heterocycles. The van der Waals surface area contributed by atoms with E-state index in [1.807, 2.05) is 0 Å². The first-order valence-corrected chi connectivity index (χ1v) is 10.5. The van der Waals surface area contributed by atoms with Gasteiger partial charge in [0.2, 0.25) is 15.9 Å². The predicted molar refractivity (Wildman–Crippen MR) is 97.1 cm³/mol. The number of sulfonamides is 1. The molecule has 0 aliphatic carbocycles. The van der Waals surface area contributed by atoms with Crippen LogP contribution in [-0.2, 0) is 14.8 Å². The zero-order chi connectivity index (χ0) is 18.1. The first-order valence-electron chi connectivity index (χ1n) is 9.02. The molecule has 1 atom stereocenters. The van der Waals surface area contributed by atoms with Gasteiger partial charge in [-0.05, 0) is 31.5 Å². The highest BCUT2D eigenvalue weighted by atomic mass is 32.2. The summed E-state index contributed by atoms with van der Waals surface area (Å²) in [7, 11) is -3.61. The van der Waals surface area contributed by atoms with Crippen molar-refractivity contribution in [2.75, 3.05) is 32.7 Å². The summed E-state index contributed by atoms with van der Waals surface area (Å²) in [6.45, 7) is 2.36. The molecule has 2 saturated heterocycles. The summed E-state index contributed by atoms with van der Waals surface area (Å²) in [4.78, 5) is 21.7. The van der Waals surface area contributed by atoms with Crippen molar-refractivity contribution in [3.05, 3.63) is 24.5 Å². The van der Waals surface area contributed by atoms with Gasteiger partial charge in [0.05, 0.1) is 6.04 Å². The number of hydrogen-bond acceptors (Lipinski definition) is 5. The zero-order valence-corrected chi connectivity index (χ0v) is 15.3. The van der Waals surface area contributed by atoms with E-state index >= 15 is 0 Å². The van der Waals surface area contributed by atoms with Crippen molar-refractivity contribution in [1.29, 1.82) is 0 Å². The summed E-state index contributed by atoms with van der Waals surface area (Å²) in [5, 5.41) is 3.86. The predicted octanol–water partition coefficient (Wildman–Crippen LogP) is 0.538. The molecular formula is C17H23N5O3S. The van der Waals surface area contributed by atoms with Crippen LogP contribution < -0.4 is 5.32 Å². The molecule has 2 fully saturated rings. The highest BCUT2D eigenvalue weighted by Gasteiger charge is 2.34. The van der Waals surface area contributed by atoms with E-state index in [1.165, 1.54) is 10.5 Å². The van der Waals surface area contributed by atoms with Crippen molar-refractivity contribution in [1.82, 2.24) is 24.5 Å². The van der Waals surface area contributed by atoms with E-state index in [0.717, 1.165) is 25.8 Å². The summed E-state index contributed by atoms with van der Waals surface area (Å²) in [6, 6.07) is 3.36. The van der Waals surface area contributed by atoms with Gasteiger partial charge in [0, 0.05) is 44.0 Å². The Labute approximate surface area is 152 Å². The number of H-pyrrole nitrogens is 1. The van der Waals surface area contributed by atoms with Crippen LogP contribution in [0.3, 0.4) is 0 Å². The second-order valence-corrected chi connectivity index (χ2v) is 8.69. The van der Waals surface area contributed by atoms with Crippen molar-refractivity contribution >= 4 is 27.0 Å². The second-order valence-electron chi connectivity index (χ2n) is 6.78. The van der Waals surface area contributed by atoms with Crippen LogP contribution in [0.15, 0.2) is 29.4 Å². The lowest BCUT2D eigenvalue weighted by Gasteiger charge is -2.36. The average molecular weight is 377 g/mol. The molecule has 9 heteroatoms. The Morgan fingerprint density at radius 1 is 1.19 bits per heavy atom. The summed E-state index contributed by atoms with van der Waals surface area (Å²) in [5.74, 6) is 0.0954. The van der Waals surface area contributed by atoms with Crippen molar-refractivity contribution in [3.63, 3.8) is 0 Å². The van der Waals surface area contributed by atoms with Gasteiger partial charge in [-0.25, -0.2) is 13.4 Å². The molecule has 1 amide bonds. The van der Waals surface area contributed by atoms with Crippen molar-refractivity contribution < 1.29 is 13.2 Å². The van der Waals surface area contributed by atoms with E-state index in [9.17, 15) is 13.2 Å². The molecular weight excluding hydrogens is 354 g/mol. The Morgan fingerprint density at radius 2 is 2.00 bits per heavy atom. The number of hydrogen-bond donors (Lipinski definition) is 2. The molecule has 0 spiro atoms. The van der Waals surface area contributed by atoms with E-state index in [1.54, 1.807) is 23.2 Å². The van der Waals surface area contributed by atoms with Crippen LogP contribution in [0.4, 0.5) is 0 Å². The fourth-order valence-corrected chi connectivity index (χ4v) is 5.29. The lowest BCUT2D eigenvalue weighted by molar-refractivity contribution is -0.135. The maximum Gasteiger partial charge on any atom is 0.245 e. The summed E-state index contributed by atoms with van der Waals surface area (Å²) >= 11 is 0. The van der Waals surface area contributed by atoms with Gasteiger partial charge in [-0.2, -0.15) is 4.31 Å². The van der Waals surface area contributed by atoms with Gasteiger partial charge in [0.15, 0.2) is 0 Å². The highest BCUT2D eigenvalue weighted by Crippen LogP contribution is 2.25. The SMILES string of the molecule is O=C(C1CCCCN1)N1CCN(S(=O)(=O)c2c[nH]c3ncccc23)CC1. The minimum atomic E-state index is -3.61. The first kappa shape index (κ1) is 17.4. The number of pyridine rings is 1. The number of carbonyl (C=O) groups excluding carboxylic acids is 1. The normalized spacial score (nSPS) is 22.6. The van der Waals surface area contributed by atoms with Crippen LogP contribution >= 0.6 is 0 Å². The zero-order valence-electron chi connectivity index (χ0n) is 14.5. The van der Waals surface area contributed by atoms with E-state index < -0.39 is 10.0 Å². The first-order chi connectivity index (χ1) is 12.6. The Hall–Kier alpha value is -1.97. The number of piperazine rings is 1. The van der Waals surface area contributed by atoms with E-state index in [4.69, 9.17) is 0 Å². The number of aromatic amines is 1. The Kier molecular flexibility index (Phi) is 4.68. The third-order valence-corrected chi connectivity index (χ3v) is 7.13. The lowest BCUT2D eigenvalue weighted by Crippen LogP contribution is -2.55. The third kappa shape index (κ3) is 3.10. The number of fused-ring (bicyclic) bond motifs is 1. The number of nitrogens with zero attached hydrogens (tertiary/aromatic N) is 3. The summed E-state index contributed by atoms with van der Waals surface area (Å²) in [5.41, 5.74) is 0.559. The number of piperidine rings is 1. The molecule has 2 aromatic rings. The molecule has 0 saturated carbocycles. The number of aromatic nitrogens is 2. The average Bonchev–Trinajstić information content (AvgIpc) is 3.13. The van der Waals surface area contributed by atoms with Gasteiger partial charge in [-0.15, -0.1) is 0 Å². The summed E-state index contributed by atoms with van der Waals surface area (Å²) in [6.07, 6.45) is 6.15. The fourth-order valence-electron chi connectivity index (χ4n) is 3.72. The largest absolute Gasteiger partial charge is 0.345 e. The maximum atomic E-state index is 13.0. The Bertz CT molecular complexity index is 896. The topological polar surface area (TPSA) is 98.4 Å². The molecule has 2 aliphatic heterocycles. The molecule has 2 N–H and O–H groups in total. The molecule has 0 bridgehead atoms. The van der Waals surface area contributed by atoms with Crippen LogP contribution in [-0.4, -0.2) is 72.3 Å². The minimum Gasteiger partial charge on any atom is -0.345 e.